The Hall–Kier alpha value is -2.56. The van der Waals surface area contributed by atoms with E-state index < -0.39 is 0 Å². The standard InChI is InChI=1S/C19H22FN3O/c1-14-7-8-15(11-16(14)20)12-22-19(24)13-23-10-4-9-21-17-5-2-3-6-18(17)23/h2-3,5-8,11,21H,4,9-10,12-13H2,1H3,(H,22,24). The van der Waals surface area contributed by atoms with Crippen molar-refractivity contribution in [3.8, 4) is 0 Å². The minimum atomic E-state index is -0.241. The zero-order valence-electron chi connectivity index (χ0n) is 13.8. The van der Waals surface area contributed by atoms with Crippen molar-refractivity contribution in [2.24, 2.45) is 0 Å². The van der Waals surface area contributed by atoms with Gasteiger partial charge in [0.05, 0.1) is 17.9 Å². The maximum absolute atomic E-state index is 13.6. The SMILES string of the molecule is Cc1ccc(CNC(=O)CN2CCCNc3ccccc32)cc1F. The van der Waals surface area contributed by atoms with Crippen molar-refractivity contribution in [2.45, 2.75) is 19.9 Å². The van der Waals surface area contributed by atoms with Crippen LogP contribution >= 0.6 is 0 Å². The number of hydrogen-bond acceptors (Lipinski definition) is 3. The highest BCUT2D eigenvalue weighted by Crippen LogP contribution is 2.27. The summed E-state index contributed by atoms with van der Waals surface area (Å²) in [7, 11) is 0. The quantitative estimate of drug-likeness (QED) is 0.907. The number of halogens is 1. The molecule has 1 heterocycles. The molecule has 0 bridgehead atoms. The number of aryl methyl sites for hydroxylation is 1. The number of nitrogens with zero attached hydrogens (tertiary/aromatic N) is 1. The molecule has 0 unspecified atom stereocenters. The van der Waals surface area contributed by atoms with Crippen LogP contribution in [0.25, 0.3) is 0 Å². The lowest BCUT2D eigenvalue weighted by Gasteiger charge is -2.23. The molecule has 1 aliphatic heterocycles. The first kappa shape index (κ1) is 16.3. The fourth-order valence-electron chi connectivity index (χ4n) is 2.85. The largest absolute Gasteiger partial charge is 0.383 e. The molecular formula is C19H22FN3O. The second kappa shape index (κ2) is 7.34. The van der Waals surface area contributed by atoms with Crippen LogP contribution in [0.3, 0.4) is 0 Å². The van der Waals surface area contributed by atoms with Crippen LogP contribution in [-0.2, 0) is 11.3 Å². The van der Waals surface area contributed by atoms with Crippen LogP contribution < -0.4 is 15.5 Å². The van der Waals surface area contributed by atoms with Gasteiger partial charge < -0.3 is 15.5 Å². The number of fused-ring (bicyclic) bond motifs is 1. The minimum Gasteiger partial charge on any atom is -0.383 e. The Kier molecular flexibility index (Phi) is 4.99. The van der Waals surface area contributed by atoms with E-state index in [4.69, 9.17) is 0 Å². The highest BCUT2D eigenvalue weighted by Gasteiger charge is 2.17. The molecule has 5 heteroatoms. The number of amides is 1. The molecule has 0 saturated heterocycles. The van der Waals surface area contributed by atoms with E-state index in [1.54, 1.807) is 13.0 Å². The van der Waals surface area contributed by atoms with Crippen molar-refractivity contribution in [3.63, 3.8) is 0 Å². The molecule has 2 aromatic rings. The van der Waals surface area contributed by atoms with Gasteiger partial charge in [0.2, 0.25) is 5.91 Å². The van der Waals surface area contributed by atoms with Gasteiger partial charge >= 0.3 is 0 Å². The number of hydrogen-bond donors (Lipinski definition) is 2. The average molecular weight is 327 g/mol. The summed E-state index contributed by atoms with van der Waals surface area (Å²) in [5, 5.41) is 6.26. The van der Waals surface area contributed by atoms with Crippen LogP contribution in [0.4, 0.5) is 15.8 Å². The first-order valence-electron chi connectivity index (χ1n) is 8.23. The van der Waals surface area contributed by atoms with Crippen molar-refractivity contribution in [1.29, 1.82) is 0 Å². The van der Waals surface area contributed by atoms with Gasteiger partial charge in [0, 0.05) is 19.6 Å². The van der Waals surface area contributed by atoms with E-state index >= 15 is 0 Å². The summed E-state index contributed by atoms with van der Waals surface area (Å²) in [5.74, 6) is -0.304. The Morgan fingerprint density at radius 2 is 2.12 bits per heavy atom. The number of anilines is 2. The molecule has 0 fully saturated rings. The summed E-state index contributed by atoms with van der Waals surface area (Å²) in [6, 6.07) is 13.1. The Bertz CT molecular complexity index is 732. The summed E-state index contributed by atoms with van der Waals surface area (Å²) in [6.45, 7) is 4.09. The van der Waals surface area contributed by atoms with Crippen LogP contribution in [0.5, 0.6) is 0 Å². The second-order valence-corrected chi connectivity index (χ2v) is 6.08. The Morgan fingerprint density at radius 3 is 2.96 bits per heavy atom. The van der Waals surface area contributed by atoms with E-state index in [1.165, 1.54) is 6.07 Å². The molecule has 1 aliphatic rings. The van der Waals surface area contributed by atoms with Crippen LogP contribution in [0.2, 0.25) is 0 Å². The molecule has 0 atom stereocenters. The van der Waals surface area contributed by atoms with Gasteiger partial charge in [-0.25, -0.2) is 4.39 Å². The van der Waals surface area contributed by atoms with Gasteiger partial charge in [-0.2, -0.15) is 0 Å². The third-order valence-corrected chi connectivity index (χ3v) is 4.23. The molecule has 4 nitrogen and oxygen atoms in total. The molecule has 0 saturated carbocycles. The highest BCUT2D eigenvalue weighted by molar-refractivity contribution is 5.83. The molecule has 1 amide bonds. The topological polar surface area (TPSA) is 44.4 Å². The van der Waals surface area contributed by atoms with E-state index in [0.717, 1.165) is 36.4 Å². The van der Waals surface area contributed by atoms with Crippen molar-refractivity contribution in [2.75, 3.05) is 29.9 Å². The average Bonchev–Trinajstić information content (AvgIpc) is 2.79. The summed E-state index contributed by atoms with van der Waals surface area (Å²) in [4.78, 5) is 14.4. The normalized spacial score (nSPS) is 13.7. The Balaban J connectivity index is 1.61. The third-order valence-electron chi connectivity index (χ3n) is 4.23. The number of nitrogens with one attached hydrogen (secondary N) is 2. The van der Waals surface area contributed by atoms with E-state index in [2.05, 4.69) is 15.5 Å². The molecule has 24 heavy (non-hydrogen) atoms. The van der Waals surface area contributed by atoms with Crippen molar-refractivity contribution < 1.29 is 9.18 Å². The number of carbonyl (C=O) groups excluding carboxylic acids is 1. The maximum atomic E-state index is 13.6. The van der Waals surface area contributed by atoms with Gasteiger partial charge in [0.15, 0.2) is 0 Å². The molecule has 0 aromatic heterocycles. The zero-order chi connectivity index (χ0) is 16.9. The van der Waals surface area contributed by atoms with Crippen molar-refractivity contribution in [3.05, 3.63) is 59.4 Å². The maximum Gasteiger partial charge on any atom is 0.239 e. The van der Waals surface area contributed by atoms with Gasteiger partial charge in [-0.15, -0.1) is 0 Å². The summed E-state index contributed by atoms with van der Waals surface area (Å²) in [6.07, 6.45) is 0.977. The molecule has 126 valence electrons. The monoisotopic (exact) mass is 327 g/mol. The molecule has 0 spiro atoms. The van der Waals surface area contributed by atoms with E-state index in [-0.39, 0.29) is 11.7 Å². The van der Waals surface area contributed by atoms with Crippen LogP contribution in [0.1, 0.15) is 17.5 Å². The number of para-hydroxylation sites is 2. The highest BCUT2D eigenvalue weighted by atomic mass is 19.1. The molecular weight excluding hydrogens is 305 g/mol. The zero-order valence-corrected chi connectivity index (χ0v) is 13.8. The summed E-state index contributed by atoms with van der Waals surface area (Å²) < 4.78 is 13.6. The van der Waals surface area contributed by atoms with Crippen molar-refractivity contribution in [1.82, 2.24) is 5.32 Å². The second-order valence-electron chi connectivity index (χ2n) is 6.08. The smallest absolute Gasteiger partial charge is 0.239 e. The molecule has 0 radical (unpaired) electrons. The molecule has 2 aromatic carbocycles. The van der Waals surface area contributed by atoms with E-state index in [1.807, 2.05) is 30.3 Å². The molecule has 0 aliphatic carbocycles. The predicted octanol–water partition coefficient (Wildman–Crippen LogP) is 3.07. The van der Waals surface area contributed by atoms with Crippen LogP contribution in [0, 0.1) is 12.7 Å². The number of rotatable bonds is 4. The van der Waals surface area contributed by atoms with Crippen LogP contribution in [0.15, 0.2) is 42.5 Å². The first-order chi connectivity index (χ1) is 11.6. The predicted molar refractivity (Wildman–Crippen MR) is 94.7 cm³/mol. The summed E-state index contributed by atoms with van der Waals surface area (Å²) >= 11 is 0. The third kappa shape index (κ3) is 3.85. The van der Waals surface area contributed by atoms with Gasteiger partial charge in [0.25, 0.3) is 0 Å². The van der Waals surface area contributed by atoms with Gasteiger partial charge in [-0.05, 0) is 42.7 Å². The lowest BCUT2D eigenvalue weighted by Crippen LogP contribution is -2.37. The fraction of sp³-hybridized carbons (Fsp3) is 0.316. The summed E-state index contributed by atoms with van der Waals surface area (Å²) in [5.41, 5.74) is 3.48. The molecule has 2 N–H and O–H groups in total. The Labute approximate surface area is 141 Å². The number of benzene rings is 2. The van der Waals surface area contributed by atoms with E-state index in [9.17, 15) is 9.18 Å². The minimum absolute atomic E-state index is 0.0623. The van der Waals surface area contributed by atoms with Gasteiger partial charge in [-0.1, -0.05) is 24.3 Å². The molecule has 3 rings (SSSR count). The van der Waals surface area contributed by atoms with Crippen molar-refractivity contribution >= 4 is 17.3 Å². The lowest BCUT2D eigenvalue weighted by molar-refractivity contribution is -0.119. The lowest BCUT2D eigenvalue weighted by atomic mass is 10.1. The van der Waals surface area contributed by atoms with Gasteiger partial charge in [-0.3, -0.25) is 4.79 Å². The van der Waals surface area contributed by atoms with Crippen LogP contribution in [-0.4, -0.2) is 25.5 Å². The first-order valence-corrected chi connectivity index (χ1v) is 8.23. The van der Waals surface area contributed by atoms with Gasteiger partial charge in [0.1, 0.15) is 5.82 Å². The number of carbonyl (C=O) groups is 1. The fourth-order valence-corrected chi connectivity index (χ4v) is 2.85. The van der Waals surface area contributed by atoms with E-state index in [0.29, 0.717) is 18.7 Å². The Morgan fingerprint density at radius 1 is 1.29 bits per heavy atom.